The minimum absolute atomic E-state index is 0.0524. The van der Waals surface area contributed by atoms with Crippen LogP contribution in [0.25, 0.3) is 6.08 Å². The average molecular weight is 501 g/mol. The Balaban J connectivity index is 2.36. The van der Waals surface area contributed by atoms with Gasteiger partial charge in [-0.2, -0.15) is 0 Å². The molecule has 4 heteroatoms. The SMILES string of the molecule is CC(C)Oc1ccc2c(c1)C(CI)(CO[Si](C(C)C)(C(C)C)C(C)C)C=C2. The van der Waals surface area contributed by atoms with Crippen molar-refractivity contribution in [3.05, 3.63) is 35.4 Å². The fraction of sp³-hybridized carbons (Fsp3) is 0.652. The average Bonchev–Trinajstić information content (AvgIpc) is 2.92. The van der Waals surface area contributed by atoms with Crippen LogP contribution in [0.3, 0.4) is 0 Å². The molecular formula is C23H37IO2Si. The normalized spacial score (nSPS) is 19.6. The summed E-state index contributed by atoms with van der Waals surface area (Å²) >= 11 is 2.52. The molecule has 1 aliphatic rings. The summed E-state index contributed by atoms with van der Waals surface area (Å²) in [6.07, 6.45) is 4.81. The van der Waals surface area contributed by atoms with Gasteiger partial charge in [-0.3, -0.25) is 0 Å². The first-order valence-corrected chi connectivity index (χ1v) is 14.0. The van der Waals surface area contributed by atoms with Crippen LogP contribution in [0, 0.1) is 0 Å². The van der Waals surface area contributed by atoms with E-state index < -0.39 is 8.32 Å². The van der Waals surface area contributed by atoms with Gasteiger partial charge in [0.2, 0.25) is 0 Å². The smallest absolute Gasteiger partial charge is 0.200 e. The molecule has 0 N–H and O–H groups in total. The number of rotatable bonds is 9. The fourth-order valence-electron chi connectivity index (χ4n) is 4.83. The highest BCUT2D eigenvalue weighted by molar-refractivity contribution is 14.1. The van der Waals surface area contributed by atoms with Crippen molar-refractivity contribution in [3.63, 3.8) is 0 Å². The predicted octanol–water partition coefficient (Wildman–Crippen LogP) is 7.37. The van der Waals surface area contributed by atoms with Gasteiger partial charge in [-0.15, -0.1) is 0 Å². The van der Waals surface area contributed by atoms with Crippen molar-refractivity contribution in [3.8, 4) is 5.75 Å². The third-order valence-corrected chi connectivity index (χ3v) is 13.5. The molecule has 1 aromatic carbocycles. The Hall–Kier alpha value is -0.333. The fourth-order valence-corrected chi connectivity index (χ4v) is 11.2. The molecule has 0 heterocycles. The van der Waals surface area contributed by atoms with Crippen LogP contribution in [0.1, 0.15) is 66.5 Å². The minimum atomic E-state index is -1.89. The first-order valence-electron chi connectivity index (χ1n) is 10.3. The van der Waals surface area contributed by atoms with Crippen molar-refractivity contribution >= 4 is 37.0 Å². The van der Waals surface area contributed by atoms with E-state index in [2.05, 4.69) is 108 Å². The Labute approximate surface area is 181 Å². The molecule has 1 unspecified atom stereocenters. The summed E-state index contributed by atoms with van der Waals surface area (Å²) in [6, 6.07) is 6.51. The van der Waals surface area contributed by atoms with E-state index in [1.54, 1.807) is 0 Å². The molecule has 0 aromatic heterocycles. The monoisotopic (exact) mass is 500 g/mol. The summed E-state index contributed by atoms with van der Waals surface area (Å²) in [6.45, 7) is 19.1. The molecule has 0 bridgehead atoms. The van der Waals surface area contributed by atoms with Gasteiger partial charge < -0.3 is 9.16 Å². The lowest BCUT2D eigenvalue weighted by molar-refractivity contribution is 0.230. The molecule has 2 nitrogen and oxygen atoms in total. The van der Waals surface area contributed by atoms with E-state index in [9.17, 15) is 0 Å². The molecular weight excluding hydrogens is 463 g/mol. The van der Waals surface area contributed by atoms with E-state index in [-0.39, 0.29) is 11.5 Å². The standard InChI is InChI=1S/C23H37IO2Si/c1-16(2)26-21-10-9-20-11-12-23(14-24,22(20)13-21)15-25-27(17(3)4,18(5)6)19(7)8/h9-13,16-19H,14-15H2,1-8H3. The molecule has 0 fully saturated rings. The van der Waals surface area contributed by atoms with Crippen LogP contribution in [-0.2, 0) is 9.84 Å². The zero-order chi connectivity index (χ0) is 20.4. The van der Waals surface area contributed by atoms with E-state index in [0.29, 0.717) is 16.6 Å². The number of halogens is 1. The molecule has 152 valence electrons. The van der Waals surface area contributed by atoms with Gasteiger partial charge in [0.15, 0.2) is 8.32 Å². The van der Waals surface area contributed by atoms with E-state index in [1.807, 2.05) is 0 Å². The third-order valence-electron chi connectivity index (χ3n) is 6.04. The molecule has 1 aromatic rings. The summed E-state index contributed by atoms with van der Waals surface area (Å²) in [7, 11) is -1.89. The first kappa shape index (κ1) is 23.0. The van der Waals surface area contributed by atoms with Crippen LogP contribution in [0.2, 0.25) is 16.6 Å². The van der Waals surface area contributed by atoms with Crippen molar-refractivity contribution in [2.75, 3.05) is 11.0 Å². The van der Waals surface area contributed by atoms with Crippen molar-refractivity contribution in [2.24, 2.45) is 0 Å². The van der Waals surface area contributed by atoms with Crippen LogP contribution < -0.4 is 4.74 Å². The van der Waals surface area contributed by atoms with Crippen LogP contribution >= 0.6 is 22.6 Å². The maximum atomic E-state index is 7.01. The molecule has 27 heavy (non-hydrogen) atoms. The predicted molar refractivity (Wildman–Crippen MR) is 129 cm³/mol. The van der Waals surface area contributed by atoms with E-state index in [0.717, 1.165) is 16.8 Å². The van der Waals surface area contributed by atoms with Gasteiger partial charge in [0.25, 0.3) is 0 Å². The largest absolute Gasteiger partial charge is 0.491 e. The zero-order valence-corrected chi connectivity index (χ0v) is 21.5. The summed E-state index contributed by atoms with van der Waals surface area (Å²) in [4.78, 5) is 0. The Bertz CT molecular complexity index is 645. The number of benzene rings is 1. The van der Waals surface area contributed by atoms with Gasteiger partial charge in [0.05, 0.1) is 6.10 Å². The van der Waals surface area contributed by atoms with Crippen molar-refractivity contribution in [1.29, 1.82) is 0 Å². The molecule has 2 rings (SSSR count). The number of fused-ring (bicyclic) bond motifs is 1. The van der Waals surface area contributed by atoms with Gasteiger partial charge >= 0.3 is 0 Å². The van der Waals surface area contributed by atoms with Gasteiger partial charge in [0, 0.05) is 16.4 Å². The highest BCUT2D eigenvalue weighted by Gasteiger charge is 2.47. The maximum absolute atomic E-state index is 7.01. The number of alkyl halides is 1. The summed E-state index contributed by atoms with van der Waals surface area (Å²) < 4.78 is 14.0. The molecule has 0 saturated heterocycles. The van der Waals surface area contributed by atoms with E-state index >= 15 is 0 Å². The van der Waals surface area contributed by atoms with Gasteiger partial charge in [-0.25, -0.2) is 0 Å². The van der Waals surface area contributed by atoms with E-state index in [1.165, 1.54) is 11.1 Å². The lowest BCUT2D eigenvalue weighted by Crippen LogP contribution is -2.50. The topological polar surface area (TPSA) is 18.5 Å². The van der Waals surface area contributed by atoms with Crippen molar-refractivity contribution in [1.82, 2.24) is 0 Å². The van der Waals surface area contributed by atoms with Gasteiger partial charge in [-0.05, 0) is 53.7 Å². The molecule has 0 saturated carbocycles. The second-order valence-corrected chi connectivity index (χ2v) is 15.4. The summed E-state index contributed by atoms with van der Waals surface area (Å²) in [5.41, 5.74) is 4.41. The minimum Gasteiger partial charge on any atom is -0.491 e. The van der Waals surface area contributed by atoms with Crippen LogP contribution in [0.4, 0.5) is 0 Å². The lowest BCUT2D eigenvalue weighted by atomic mass is 9.85. The maximum Gasteiger partial charge on any atom is 0.200 e. The highest BCUT2D eigenvalue weighted by Crippen LogP contribution is 2.46. The summed E-state index contributed by atoms with van der Waals surface area (Å²) in [5, 5.41) is 0. The van der Waals surface area contributed by atoms with Crippen LogP contribution in [0.15, 0.2) is 24.3 Å². The number of hydrogen-bond acceptors (Lipinski definition) is 2. The second-order valence-electron chi connectivity index (χ2n) is 9.15. The summed E-state index contributed by atoms with van der Waals surface area (Å²) in [5.74, 6) is 0.960. The third kappa shape index (κ3) is 4.48. The zero-order valence-electron chi connectivity index (χ0n) is 18.3. The van der Waals surface area contributed by atoms with Crippen molar-refractivity contribution < 1.29 is 9.16 Å². The molecule has 0 spiro atoms. The number of hydrogen-bond donors (Lipinski definition) is 0. The molecule has 0 amide bonds. The molecule has 1 aliphatic carbocycles. The van der Waals surface area contributed by atoms with Gasteiger partial charge in [-0.1, -0.05) is 82.4 Å². The van der Waals surface area contributed by atoms with Gasteiger partial charge in [0.1, 0.15) is 5.75 Å². The van der Waals surface area contributed by atoms with E-state index in [4.69, 9.17) is 9.16 Å². The Kier molecular flexibility index (Phi) is 7.65. The molecule has 1 atom stereocenters. The van der Waals surface area contributed by atoms with Crippen molar-refractivity contribution in [2.45, 2.75) is 83.5 Å². The second kappa shape index (κ2) is 9.00. The Morgan fingerprint density at radius 1 is 0.963 bits per heavy atom. The number of ether oxygens (including phenoxy) is 1. The molecule has 0 aliphatic heterocycles. The molecule has 0 radical (unpaired) electrons. The van der Waals surface area contributed by atoms with Crippen LogP contribution in [-0.4, -0.2) is 25.5 Å². The van der Waals surface area contributed by atoms with Crippen LogP contribution in [0.5, 0.6) is 5.75 Å². The Morgan fingerprint density at radius 3 is 2.04 bits per heavy atom. The Morgan fingerprint density at radius 2 is 1.56 bits per heavy atom. The lowest BCUT2D eigenvalue weighted by Gasteiger charge is -2.44. The quantitative estimate of drug-likeness (QED) is 0.200. The highest BCUT2D eigenvalue weighted by atomic mass is 127. The first-order chi connectivity index (χ1) is 12.6.